The first-order chi connectivity index (χ1) is 13.5. The summed E-state index contributed by atoms with van der Waals surface area (Å²) < 4.78 is 2.66. The van der Waals surface area contributed by atoms with E-state index in [4.69, 9.17) is 11.6 Å². The summed E-state index contributed by atoms with van der Waals surface area (Å²) in [5, 5.41) is 24.6. The Balaban J connectivity index is 1.29. The van der Waals surface area contributed by atoms with E-state index in [9.17, 15) is 15.0 Å². The third-order valence-electron chi connectivity index (χ3n) is 5.31. The van der Waals surface area contributed by atoms with Crippen LogP contribution in [0.15, 0.2) is 35.1 Å². The van der Waals surface area contributed by atoms with Crippen LogP contribution in [0.2, 0.25) is 5.02 Å². The minimum atomic E-state index is -1.17. The van der Waals surface area contributed by atoms with Gasteiger partial charge in [0.15, 0.2) is 5.82 Å². The first-order valence-electron chi connectivity index (χ1n) is 9.49. The molecule has 2 N–H and O–H groups in total. The maximum absolute atomic E-state index is 12.4. The van der Waals surface area contributed by atoms with Crippen molar-refractivity contribution >= 4 is 23.5 Å². The average molecular weight is 406 g/mol. The molecule has 0 radical (unpaired) electrons. The summed E-state index contributed by atoms with van der Waals surface area (Å²) in [6.45, 7) is 5.13. The van der Waals surface area contributed by atoms with Gasteiger partial charge >= 0.3 is 5.69 Å². The van der Waals surface area contributed by atoms with Gasteiger partial charge in [0.05, 0.1) is 0 Å². The van der Waals surface area contributed by atoms with E-state index in [1.165, 1.54) is 21.5 Å². The molecule has 0 saturated carbocycles. The van der Waals surface area contributed by atoms with Gasteiger partial charge in [-0.25, -0.2) is 9.48 Å². The number of hydrogen-bond donors (Lipinski definition) is 2. The van der Waals surface area contributed by atoms with Crippen molar-refractivity contribution in [2.45, 2.75) is 25.2 Å². The van der Waals surface area contributed by atoms with Crippen LogP contribution < -0.4 is 10.6 Å². The molecule has 1 saturated heterocycles. The van der Waals surface area contributed by atoms with E-state index in [-0.39, 0.29) is 11.5 Å². The van der Waals surface area contributed by atoms with E-state index in [1.807, 2.05) is 18.2 Å². The normalized spacial score (nSPS) is 22.5. The Hall–Kier alpha value is -2.13. The van der Waals surface area contributed by atoms with E-state index >= 15 is 0 Å². The number of benzene rings is 1. The lowest BCUT2D eigenvalue weighted by Crippen LogP contribution is -2.46. The average Bonchev–Trinajstić information content (AvgIpc) is 3.02. The Morgan fingerprint density at radius 1 is 1.14 bits per heavy atom. The summed E-state index contributed by atoms with van der Waals surface area (Å²) in [5.74, 6) is 0.190. The van der Waals surface area contributed by atoms with Crippen molar-refractivity contribution in [3.8, 4) is 0 Å². The number of nitrogens with zero attached hydrogens (tertiary/aromatic N) is 5. The Bertz CT molecular complexity index is 917. The molecule has 1 aromatic carbocycles. The summed E-state index contributed by atoms with van der Waals surface area (Å²) in [5.41, 5.74) is 0.860. The van der Waals surface area contributed by atoms with E-state index < -0.39 is 12.2 Å². The molecule has 4 rings (SSSR count). The summed E-state index contributed by atoms with van der Waals surface area (Å²) in [7, 11) is 0. The standard InChI is InChI=1S/C19H24ClN5O3/c20-14-3-1-4-15(13-14)23-11-9-22(10-12-23)6-2-7-25-19(28)24-8-5-16(26)17(27)18(24)21-25/h1,3-5,8,13,16-17,26-27H,2,6-7,9-12H2. The Kier molecular flexibility index (Phi) is 5.54. The van der Waals surface area contributed by atoms with Crippen LogP contribution in [-0.2, 0) is 6.54 Å². The second-order valence-corrected chi connectivity index (χ2v) is 7.61. The van der Waals surface area contributed by atoms with E-state index in [0.717, 1.165) is 49.9 Å². The molecule has 1 aromatic heterocycles. The molecule has 28 heavy (non-hydrogen) atoms. The smallest absolute Gasteiger partial charge is 0.350 e. The van der Waals surface area contributed by atoms with Gasteiger partial charge in [0, 0.05) is 56.2 Å². The highest BCUT2D eigenvalue weighted by Crippen LogP contribution is 2.21. The van der Waals surface area contributed by atoms with Crippen LogP contribution in [0.4, 0.5) is 5.69 Å². The highest BCUT2D eigenvalue weighted by atomic mass is 35.5. The summed E-state index contributed by atoms with van der Waals surface area (Å²) in [4.78, 5) is 17.1. The number of rotatable bonds is 5. The first-order valence-corrected chi connectivity index (χ1v) is 9.87. The van der Waals surface area contributed by atoms with Gasteiger partial charge in [0.1, 0.15) is 12.2 Å². The lowest BCUT2D eigenvalue weighted by molar-refractivity contribution is 0.0383. The van der Waals surface area contributed by atoms with Gasteiger partial charge in [-0.3, -0.25) is 9.47 Å². The molecule has 2 unspecified atom stereocenters. The van der Waals surface area contributed by atoms with Gasteiger partial charge in [-0.1, -0.05) is 17.7 Å². The predicted octanol–water partition coefficient (Wildman–Crippen LogP) is 0.789. The van der Waals surface area contributed by atoms with Crippen molar-refractivity contribution < 1.29 is 10.2 Å². The van der Waals surface area contributed by atoms with Gasteiger partial charge in [-0.2, -0.15) is 5.10 Å². The maximum Gasteiger partial charge on any atom is 0.350 e. The van der Waals surface area contributed by atoms with Crippen molar-refractivity contribution in [2.75, 3.05) is 37.6 Å². The van der Waals surface area contributed by atoms with Gasteiger partial charge in [0.25, 0.3) is 0 Å². The van der Waals surface area contributed by atoms with E-state index in [1.54, 1.807) is 0 Å². The third kappa shape index (κ3) is 3.86. The molecule has 2 aliphatic rings. The van der Waals surface area contributed by atoms with Gasteiger partial charge in [-0.15, -0.1) is 0 Å². The molecule has 0 bridgehead atoms. The number of piperazine rings is 1. The molecule has 2 aliphatic heterocycles. The zero-order valence-corrected chi connectivity index (χ0v) is 16.2. The SMILES string of the molecule is O=c1n(CCCN2CCN(c3cccc(Cl)c3)CC2)nc2n1C=CC(O)C2O. The zero-order valence-electron chi connectivity index (χ0n) is 15.5. The summed E-state index contributed by atoms with van der Waals surface area (Å²) in [6.07, 6.45) is 1.45. The Labute approximate surface area is 167 Å². The maximum atomic E-state index is 12.4. The van der Waals surface area contributed by atoms with Crippen molar-refractivity contribution in [3.05, 3.63) is 51.7 Å². The number of fused-ring (bicyclic) bond motifs is 1. The molecule has 0 amide bonds. The topological polar surface area (TPSA) is 86.8 Å². The summed E-state index contributed by atoms with van der Waals surface area (Å²) in [6, 6.07) is 7.92. The van der Waals surface area contributed by atoms with Crippen molar-refractivity contribution in [3.63, 3.8) is 0 Å². The molecule has 150 valence electrons. The van der Waals surface area contributed by atoms with Gasteiger partial charge in [0.2, 0.25) is 0 Å². The second kappa shape index (κ2) is 8.08. The number of aromatic nitrogens is 3. The highest BCUT2D eigenvalue weighted by Gasteiger charge is 2.27. The zero-order chi connectivity index (χ0) is 19.7. The number of aliphatic hydroxyl groups excluding tert-OH is 2. The lowest BCUT2D eigenvalue weighted by Gasteiger charge is -2.36. The summed E-state index contributed by atoms with van der Waals surface area (Å²) >= 11 is 6.08. The molecule has 0 aliphatic carbocycles. The molecule has 1 fully saturated rings. The fourth-order valence-electron chi connectivity index (χ4n) is 3.70. The van der Waals surface area contributed by atoms with Crippen LogP contribution in [0.3, 0.4) is 0 Å². The fraction of sp³-hybridized carbons (Fsp3) is 0.474. The molecule has 3 heterocycles. The third-order valence-corrected chi connectivity index (χ3v) is 5.54. The molecule has 2 atom stereocenters. The molecular weight excluding hydrogens is 382 g/mol. The molecule has 9 heteroatoms. The van der Waals surface area contributed by atoms with Gasteiger partial charge < -0.3 is 15.1 Å². The van der Waals surface area contributed by atoms with Crippen LogP contribution in [0.25, 0.3) is 6.20 Å². The van der Waals surface area contributed by atoms with Crippen molar-refractivity contribution in [1.82, 2.24) is 19.2 Å². The van der Waals surface area contributed by atoms with E-state index in [0.29, 0.717) is 6.54 Å². The molecular formula is C19H24ClN5O3. The number of halogens is 1. The van der Waals surface area contributed by atoms with Crippen molar-refractivity contribution in [2.24, 2.45) is 0 Å². The number of aliphatic hydroxyl groups is 2. The van der Waals surface area contributed by atoms with Crippen LogP contribution in [-0.4, -0.2) is 68.3 Å². The quantitative estimate of drug-likeness (QED) is 0.764. The fourth-order valence-corrected chi connectivity index (χ4v) is 3.89. The predicted molar refractivity (Wildman–Crippen MR) is 108 cm³/mol. The van der Waals surface area contributed by atoms with Crippen LogP contribution in [0.1, 0.15) is 18.3 Å². The Morgan fingerprint density at radius 2 is 1.93 bits per heavy atom. The number of hydrogen-bond acceptors (Lipinski definition) is 6. The minimum absolute atomic E-state index is 0.190. The van der Waals surface area contributed by atoms with Gasteiger partial charge in [-0.05, 0) is 30.7 Å². The lowest BCUT2D eigenvalue weighted by atomic mass is 10.1. The number of aryl methyl sites for hydroxylation is 1. The minimum Gasteiger partial charge on any atom is -0.386 e. The monoisotopic (exact) mass is 405 g/mol. The first kappa shape index (κ1) is 19.2. The second-order valence-electron chi connectivity index (χ2n) is 7.17. The van der Waals surface area contributed by atoms with Crippen LogP contribution in [0.5, 0.6) is 0 Å². The largest absolute Gasteiger partial charge is 0.386 e. The highest BCUT2D eigenvalue weighted by molar-refractivity contribution is 6.30. The van der Waals surface area contributed by atoms with Crippen molar-refractivity contribution in [1.29, 1.82) is 0 Å². The Morgan fingerprint density at radius 3 is 2.68 bits per heavy atom. The van der Waals surface area contributed by atoms with Crippen LogP contribution >= 0.6 is 11.6 Å². The van der Waals surface area contributed by atoms with E-state index in [2.05, 4.69) is 21.0 Å². The van der Waals surface area contributed by atoms with Crippen LogP contribution in [0, 0.1) is 0 Å². The molecule has 8 nitrogen and oxygen atoms in total. The molecule has 0 spiro atoms. The number of anilines is 1. The molecule has 2 aromatic rings.